The Morgan fingerprint density at radius 2 is 1.79 bits per heavy atom. The number of nitrogen functional groups attached to an aromatic ring is 1. The highest BCUT2D eigenvalue weighted by Crippen LogP contribution is 2.27. The highest BCUT2D eigenvalue weighted by atomic mass is 19.1. The van der Waals surface area contributed by atoms with Crippen molar-refractivity contribution in [2.45, 2.75) is 0 Å². The van der Waals surface area contributed by atoms with Crippen molar-refractivity contribution < 1.29 is 13.9 Å². The second kappa shape index (κ2) is 5.38. The largest absolute Gasteiger partial charge is 0.497 e. The summed E-state index contributed by atoms with van der Waals surface area (Å²) < 4.78 is 23.2. The Bertz CT molecular complexity index is 570. The highest BCUT2D eigenvalue weighted by Gasteiger charge is 2.06. The lowest BCUT2D eigenvalue weighted by molar-refractivity contribution is 0.395. The van der Waals surface area contributed by atoms with Crippen molar-refractivity contribution >= 4 is 17.5 Å². The molecule has 0 saturated heterocycles. The molecule has 0 aliphatic heterocycles. The van der Waals surface area contributed by atoms with Gasteiger partial charge in [-0.1, -0.05) is 0 Å². The van der Waals surface area contributed by atoms with Gasteiger partial charge in [0.15, 0.2) is 11.6 Å². The topological polar surface area (TPSA) is 82.3 Å². The number of hydrogen-bond donors (Lipinski definition) is 2. The first-order valence-corrected chi connectivity index (χ1v) is 5.40. The third kappa shape index (κ3) is 3.01. The van der Waals surface area contributed by atoms with E-state index in [9.17, 15) is 4.39 Å². The van der Waals surface area contributed by atoms with E-state index in [4.69, 9.17) is 15.2 Å². The summed E-state index contributed by atoms with van der Waals surface area (Å²) in [6.07, 6.45) is 1.00. The van der Waals surface area contributed by atoms with Crippen LogP contribution in [-0.2, 0) is 0 Å². The predicted octanol–water partition coefficient (Wildman–Crippen LogP) is 1.96. The molecule has 2 rings (SSSR count). The molecule has 0 aliphatic carbocycles. The Hall–Kier alpha value is -2.57. The molecule has 7 heteroatoms. The normalized spacial score (nSPS) is 10.1. The van der Waals surface area contributed by atoms with E-state index < -0.39 is 5.82 Å². The summed E-state index contributed by atoms with van der Waals surface area (Å²) in [5.41, 5.74) is 6.01. The van der Waals surface area contributed by atoms with Gasteiger partial charge < -0.3 is 20.5 Å². The molecule has 0 unspecified atom stereocenters. The summed E-state index contributed by atoms with van der Waals surface area (Å²) >= 11 is 0. The molecular weight excluding hydrogens is 251 g/mol. The van der Waals surface area contributed by atoms with E-state index in [2.05, 4.69) is 15.3 Å². The minimum Gasteiger partial charge on any atom is -0.497 e. The van der Waals surface area contributed by atoms with Gasteiger partial charge in [0, 0.05) is 23.9 Å². The molecule has 2 aromatic rings. The van der Waals surface area contributed by atoms with Gasteiger partial charge in [-0.15, -0.1) is 0 Å². The molecule has 6 nitrogen and oxygen atoms in total. The summed E-state index contributed by atoms with van der Waals surface area (Å²) in [5.74, 6) is 0.532. The maximum atomic E-state index is 13.0. The van der Waals surface area contributed by atoms with E-state index >= 15 is 0 Å². The average Bonchev–Trinajstić information content (AvgIpc) is 2.42. The molecule has 0 saturated carbocycles. The van der Waals surface area contributed by atoms with Gasteiger partial charge in [-0.2, -0.15) is 4.98 Å². The van der Waals surface area contributed by atoms with Crippen molar-refractivity contribution in [3.8, 4) is 11.5 Å². The highest BCUT2D eigenvalue weighted by molar-refractivity contribution is 5.60. The van der Waals surface area contributed by atoms with E-state index in [-0.39, 0.29) is 11.8 Å². The summed E-state index contributed by atoms with van der Waals surface area (Å²) in [4.78, 5) is 7.56. The molecule has 0 bridgehead atoms. The van der Waals surface area contributed by atoms with Crippen LogP contribution >= 0.6 is 0 Å². The number of hydrogen-bond acceptors (Lipinski definition) is 6. The first-order chi connectivity index (χ1) is 9.12. The van der Waals surface area contributed by atoms with Crippen LogP contribution in [0.1, 0.15) is 0 Å². The Kier molecular flexibility index (Phi) is 3.65. The summed E-state index contributed by atoms with van der Waals surface area (Å²) in [5, 5.41) is 2.89. The maximum absolute atomic E-state index is 13.0. The van der Waals surface area contributed by atoms with Crippen molar-refractivity contribution in [3.05, 3.63) is 30.2 Å². The minimum atomic E-state index is -0.659. The Balaban J connectivity index is 2.29. The lowest BCUT2D eigenvalue weighted by atomic mass is 10.3. The zero-order valence-electron chi connectivity index (χ0n) is 10.5. The van der Waals surface area contributed by atoms with Crippen molar-refractivity contribution in [1.29, 1.82) is 0 Å². The quantitative estimate of drug-likeness (QED) is 0.878. The molecule has 19 heavy (non-hydrogen) atoms. The average molecular weight is 264 g/mol. The van der Waals surface area contributed by atoms with Gasteiger partial charge in [-0.05, 0) is 0 Å². The molecule has 1 aromatic carbocycles. The van der Waals surface area contributed by atoms with Crippen LogP contribution in [0.3, 0.4) is 0 Å². The van der Waals surface area contributed by atoms with Gasteiger partial charge in [-0.25, -0.2) is 9.37 Å². The Morgan fingerprint density at radius 1 is 1.16 bits per heavy atom. The van der Waals surface area contributed by atoms with Crippen LogP contribution in [0.4, 0.5) is 21.8 Å². The summed E-state index contributed by atoms with van der Waals surface area (Å²) in [6.45, 7) is 0. The Labute approximate surface area is 109 Å². The van der Waals surface area contributed by atoms with Gasteiger partial charge >= 0.3 is 0 Å². The van der Waals surface area contributed by atoms with Gasteiger partial charge in [0.2, 0.25) is 5.95 Å². The molecule has 0 spiro atoms. The number of nitrogens with two attached hydrogens (primary N) is 1. The number of ether oxygens (including phenoxy) is 2. The fourth-order valence-corrected chi connectivity index (χ4v) is 1.45. The van der Waals surface area contributed by atoms with Gasteiger partial charge in [0.1, 0.15) is 11.5 Å². The van der Waals surface area contributed by atoms with Crippen LogP contribution < -0.4 is 20.5 Å². The lowest BCUT2D eigenvalue weighted by Gasteiger charge is -2.09. The van der Waals surface area contributed by atoms with Crippen LogP contribution in [0.15, 0.2) is 24.4 Å². The number of nitrogens with one attached hydrogen (secondary N) is 1. The van der Waals surface area contributed by atoms with Crippen molar-refractivity contribution in [3.63, 3.8) is 0 Å². The first-order valence-electron chi connectivity index (χ1n) is 5.40. The fraction of sp³-hybridized carbons (Fsp3) is 0.167. The molecule has 0 aliphatic rings. The third-order valence-corrected chi connectivity index (χ3v) is 2.38. The molecule has 0 atom stereocenters. The first kappa shape index (κ1) is 12.9. The molecule has 0 fully saturated rings. The van der Waals surface area contributed by atoms with Crippen LogP contribution in [0, 0.1) is 5.82 Å². The minimum absolute atomic E-state index is 0.189. The predicted molar refractivity (Wildman–Crippen MR) is 69.2 cm³/mol. The van der Waals surface area contributed by atoms with E-state index in [1.165, 1.54) is 0 Å². The monoisotopic (exact) mass is 264 g/mol. The number of benzene rings is 1. The summed E-state index contributed by atoms with van der Waals surface area (Å²) in [7, 11) is 3.09. The fourth-order valence-electron chi connectivity index (χ4n) is 1.45. The maximum Gasteiger partial charge on any atom is 0.229 e. The standard InChI is InChI=1S/C12H13FN4O2/c1-18-8-3-7(4-9(5-8)19-2)16-12-15-6-10(13)11(14)17-12/h3-6H,1-2H3,(H3,14,15,16,17). The van der Waals surface area contributed by atoms with Crippen LogP contribution in [0.2, 0.25) is 0 Å². The number of rotatable bonds is 4. The molecule has 3 N–H and O–H groups in total. The van der Waals surface area contributed by atoms with Crippen LogP contribution in [0.25, 0.3) is 0 Å². The molecule has 0 radical (unpaired) electrons. The Morgan fingerprint density at radius 3 is 2.32 bits per heavy atom. The van der Waals surface area contributed by atoms with E-state index in [1.54, 1.807) is 32.4 Å². The molecule has 1 heterocycles. The van der Waals surface area contributed by atoms with E-state index in [0.29, 0.717) is 17.2 Å². The zero-order chi connectivity index (χ0) is 13.8. The van der Waals surface area contributed by atoms with Gasteiger partial charge in [0.05, 0.1) is 20.4 Å². The summed E-state index contributed by atoms with van der Waals surface area (Å²) in [6, 6.07) is 5.18. The zero-order valence-corrected chi connectivity index (χ0v) is 10.5. The second-order valence-corrected chi connectivity index (χ2v) is 3.65. The van der Waals surface area contributed by atoms with Crippen molar-refractivity contribution in [1.82, 2.24) is 9.97 Å². The van der Waals surface area contributed by atoms with Crippen molar-refractivity contribution in [2.75, 3.05) is 25.3 Å². The SMILES string of the molecule is COc1cc(Nc2ncc(F)c(N)n2)cc(OC)c1. The van der Waals surface area contributed by atoms with Crippen LogP contribution in [0.5, 0.6) is 11.5 Å². The third-order valence-electron chi connectivity index (χ3n) is 2.38. The number of aromatic nitrogens is 2. The van der Waals surface area contributed by atoms with Gasteiger partial charge in [-0.3, -0.25) is 0 Å². The molecule has 1 aromatic heterocycles. The number of methoxy groups -OCH3 is 2. The molecule has 100 valence electrons. The number of nitrogens with zero attached hydrogens (tertiary/aromatic N) is 2. The van der Waals surface area contributed by atoms with Crippen LogP contribution in [-0.4, -0.2) is 24.2 Å². The molecule has 0 amide bonds. The smallest absolute Gasteiger partial charge is 0.229 e. The number of halogens is 1. The molecular formula is C12H13FN4O2. The lowest BCUT2D eigenvalue weighted by Crippen LogP contribution is -2.02. The van der Waals surface area contributed by atoms with E-state index in [0.717, 1.165) is 6.20 Å². The number of anilines is 3. The van der Waals surface area contributed by atoms with Crippen molar-refractivity contribution in [2.24, 2.45) is 0 Å². The van der Waals surface area contributed by atoms with Gasteiger partial charge in [0.25, 0.3) is 0 Å². The second-order valence-electron chi connectivity index (χ2n) is 3.65. The van der Waals surface area contributed by atoms with E-state index in [1.807, 2.05) is 0 Å².